The van der Waals surface area contributed by atoms with E-state index in [0.29, 0.717) is 12.0 Å². The van der Waals surface area contributed by atoms with Gasteiger partial charge < -0.3 is 5.32 Å². The third kappa shape index (κ3) is 4.95. The monoisotopic (exact) mass is 271 g/mol. The van der Waals surface area contributed by atoms with E-state index >= 15 is 0 Å². The third-order valence-electron chi connectivity index (χ3n) is 3.08. The zero-order chi connectivity index (χ0) is 13.5. The van der Waals surface area contributed by atoms with Gasteiger partial charge in [-0.15, -0.1) is 0 Å². The second-order valence-electron chi connectivity index (χ2n) is 5.14. The number of hydrogen-bond acceptors (Lipinski definition) is 1. The zero-order valence-electron chi connectivity index (χ0n) is 11.5. The normalized spacial score (nSPS) is 13.0. The van der Waals surface area contributed by atoms with E-state index in [1.54, 1.807) is 6.07 Å². The Hall–Kier alpha value is -0.600. The highest BCUT2D eigenvalue weighted by Gasteiger charge is 2.13. The SMILES string of the molecule is CCNC(CCC(C)C)Cc1cccc(F)c1Cl. The minimum atomic E-state index is -0.326. The van der Waals surface area contributed by atoms with Crippen LogP contribution in [0.1, 0.15) is 39.2 Å². The molecule has 3 heteroatoms. The van der Waals surface area contributed by atoms with Crippen molar-refractivity contribution in [2.75, 3.05) is 6.54 Å². The van der Waals surface area contributed by atoms with Gasteiger partial charge in [0, 0.05) is 6.04 Å². The Balaban J connectivity index is 2.67. The van der Waals surface area contributed by atoms with Crippen LogP contribution in [0, 0.1) is 11.7 Å². The van der Waals surface area contributed by atoms with Gasteiger partial charge in [-0.1, -0.05) is 44.5 Å². The van der Waals surface area contributed by atoms with Crippen LogP contribution in [0.3, 0.4) is 0 Å². The summed E-state index contributed by atoms with van der Waals surface area (Å²) in [4.78, 5) is 0. The van der Waals surface area contributed by atoms with Crippen LogP contribution in [0.15, 0.2) is 18.2 Å². The van der Waals surface area contributed by atoms with E-state index in [2.05, 4.69) is 26.1 Å². The van der Waals surface area contributed by atoms with Crippen LogP contribution in [0.5, 0.6) is 0 Å². The number of hydrogen-bond donors (Lipinski definition) is 1. The number of halogens is 2. The van der Waals surface area contributed by atoms with Gasteiger partial charge in [0.15, 0.2) is 0 Å². The van der Waals surface area contributed by atoms with Crippen molar-refractivity contribution in [1.29, 1.82) is 0 Å². The van der Waals surface area contributed by atoms with Gasteiger partial charge in [0.2, 0.25) is 0 Å². The summed E-state index contributed by atoms with van der Waals surface area (Å²) in [5, 5.41) is 3.72. The van der Waals surface area contributed by atoms with Crippen molar-refractivity contribution >= 4 is 11.6 Å². The Kier molecular flexibility index (Phi) is 6.66. The highest BCUT2D eigenvalue weighted by molar-refractivity contribution is 6.31. The minimum absolute atomic E-state index is 0.268. The molecule has 0 saturated heterocycles. The molecule has 1 aromatic carbocycles. The van der Waals surface area contributed by atoms with Crippen LogP contribution < -0.4 is 5.32 Å². The molecule has 1 rings (SSSR count). The predicted octanol–water partition coefficient (Wildman–Crippen LogP) is 4.44. The molecule has 0 spiro atoms. The zero-order valence-corrected chi connectivity index (χ0v) is 12.2. The van der Waals surface area contributed by atoms with Gasteiger partial charge in [0.05, 0.1) is 5.02 Å². The number of likely N-dealkylation sites (N-methyl/N-ethyl adjacent to an activating group) is 1. The van der Waals surface area contributed by atoms with E-state index in [1.165, 1.54) is 12.5 Å². The Morgan fingerprint density at radius 3 is 2.61 bits per heavy atom. The first kappa shape index (κ1) is 15.5. The first-order valence-corrected chi connectivity index (χ1v) is 7.08. The average molecular weight is 272 g/mol. The van der Waals surface area contributed by atoms with Gasteiger partial charge >= 0.3 is 0 Å². The predicted molar refractivity (Wildman–Crippen MR) is 76.7 cm³/mol. The maximum atomic E-state index is 13.4. The fourth-order valence-corrected chi connectivity index (χ4v) is 2.27. The van der Waals surface area contributed by atoms with Crippen LogP contribution in [-0.4, -0.2) is 12.6 Å². The summed E-state index contributed by atoms with van der Waals surface area (Å²) in [5.74, 6) is 0.363. The van der Waals surface area contributed by atoms with Crippen LogP contribution in [0.25, 0.3) is 0 Å². The Morgan fingerprint density at radius 1 is 1.28 bits per heavy atom. The third-order valence-corrected chi connectivity index (χ3v) is 3.51. The summed E-state index contributed by atoms with van der Waals surface area (Å²) in [6, 6.07) is 5.41. The molecule has 102 valence electrons. The lowest BCUT2D eigenvalue weighted by molar-refractivity contribution is 0.434. The summed E-state index contributed by atoms with van der Waals surface area (Å²) in [6.45, 7) is 7.46. The first-order chi connectivity index (χ1) is 8.54. The highest BCUT2D eigenvalue weighted by Crippen LogP contribution is 2.22. The smallest absolute Gasteiger partial charge is 0.142 e. The maximum absolute atomic E-state index is 13.4. The molecular weight excluding hydrogens is 249 g/mol. The Morgan fingerprint density at radius 2 is 2.00 bits per heavy atom. The summed E-state index contributed by atoms with van der Waals surface area (Å²) < 4.78 is 13.4. The number of nitrogens with one attached hydrogen (secondary N) is 1. The van der Waals surface area contributed by atoms with Gasteiger partial charge in [-0.2, -0.15) is 0 Å². The molecule has 0 aliphatic heterocycles. The van der Waals surface area contributed by atoms with E-state index < -0.39 is 0 Å². The Bertz CT molecular complexity index is 366. The minimum Gasteiger partial charge on any atom is -0.314 e. The topological polar surface area (TPSA) is 12.0 Å². The van der Waals surface area contributed by atoms with E-state index in [9.17, 15) is 4.39 Å². The fourth-order valence-electron chi connectivity index (χ4n) is 2.07. The molecular formula is C15H23ClFN. The largest absolute Gasteiger partial charge is 0.314 e. The Labute approximate surface area is 115 Å². The molecule has 1 atom stereocenters. The lowest BCUT2D eigenvalue weighted by Gasteiger charge is -2.19. The van der Waals surface area contributed by atoms with Crippen molar-refractivity contribution in [3.05, 3.63) is 34.6 Å². The quantitative estimate of drug-likeness (QED) is 0.773. The van der Waals surface area contributed by atoms with E-state index in [0.717, 1.165) is 24.9 Å². The van der Waals surface area contributed by atoms with E-state index in [4.69, 9.17) is 11.6 Å². The van der Waals surface area contributed by atoms with Crippen molar-refractivity contribution in [2.24, 2.45) is 5.92 Å². The molecule has 0 aliphatic carbocycles. The maximum Gasteiger partial charge on any atom is 0.142 e. The first-order valence-electron chi connectivity index (χ1n) is 6.70. The molecule has 0 saturated carbocycles. The summed E-state index contributed by atoms with van der Waals surface area (Å²) in [7, 11) is 0. The number of rotatable bonds is 7. The summed E-state index contributed by atoms with van der Waals surface area (Å²) in [6.07, 6.45) is 3.06. The molecule has 18 heavy (non-hydrogen) atoms. The van der Waals surface area contributed by atoms with Crippen molar-refractivity contribution in [3.8, 4) is 0 Å². The van der Waals surface area contributed by atoms with Crippen molar-refractivity contribution in [2.45, 2.75) is 46.1 Å². The van der Waals surface area contributed by atoms with Crippen molar-refractivity contribution < 1.29 is 4.39 Å². The molecule has 0 aromatic heterocycles. The standard InChI is InChI=1S/C15H23ClFN/c1-4-18-13(9-8-11(2)3)10-12-6-5-7-14(17)15(12)16/h5-7,11,13,18H,4,8-10H2,1-3H3. The molecule has 0 aliphatic rings. The second kappa shape index (κ2) is 7.75. The molecule has 1 nitrogen and oxygen atoms in total. The van der Waals surface area contributed by atoms with E-state index in [1.807, 2.05) is 6.07 Å². The molecule has 1 aromatic rings. The molecule has 0 fully saturated rings. The second-order valence-corrected chi connectivity index (χ2v) is 5.52. The van der Waals surface area contributed by atoms with Crippen LogP contribution in [0.2, 0.25) is 5.02 Å². The molecule has 1 unspecified atom stereocenters. The van der Waals surface area contributed by atoms with E-state index in [-0.39, 0.29) is 10.8 Å². The molecule has 1 N–H and O–H groups in total. The summed E-state index contributed by atoms with van der Waals surface area (Å²) >= 11 is 6.00. The fraction of sp³-hybridized carbons (Fsp3) is 0.600. The molecule has 0 amide bonds. The molecule has 0 bridgehead atoms. The van der Waals surface area contributed by atoms with Gasteiger partial charge in [-0.05, 0) is 43.4 Å². The van der Waals surface area contributed by atoms with Crippen LogP contribution in [0.4, 0.5) is 4.39 Å². The molecule has 0 radical (unpaired) electrons. The van der Waals surface area contributed by atoms with Crippen LogP contribution >= 0.6 is 11.6 Å². The highest BCUT2D eigenvalue weighted by atomic mass is 35.5. The van der Waals surface area contributed by atoms with Crippen LogP contribution in [-0.2, 0) is 6.42 Å². The van der Waals surface area contributed by atoms with Gasteiger partial charge in [-0.25, -0.2) is 4.39 Å². The lowest BCUT2D eigenvalue weighted by atomic mass is 9.97. The van der Waals surface area contributed by atoms with Crippen molar-refractivity contribution in [3.63, 3.8) is 0 Å². The average Bonchev–Trinajstić information content (AvgIpc) is 2.32. The van der Waals surface area contributed by atoms with Gasteiger partial charge in [0.25, 0.3) is 0 Å². The van der Waals surface area contributed by atoms with Crippen molar-refractivity contribution in [1.82, 2.24) is 5.32 Å². The van der Waals surface area contributed by atoms with Gasteiger partial charge in [0.1, 0.15) is 5.82 Å². The number of benzene rings is 1. The lowest BCUT2D eigenvalue weighted by Crippen LogP contribution is -2.31. The molecule has 0 heterocycles. The van der Waals surface area contributed by atoms with Gasteiger partial charge in [-0.3, -0.25) is 0 Å². The summed E-state index contributed by atoms with van der Waals surface area (Å²) in [5.41, 5.74) is 0.895.